The van der Waals surface area contributed by atoms with E-state index in [0.717, 1.165) is 0 Å². The first-order valence-corrected chi connectivity index (χ1v) is 14.7. The minimum absolute atomic E-state index is 0.0316. The number of alkyl halides is 3. The van der Waals surface area contributed by atoms with Gasteiger partial charge in [-0.15, -0.1) is 13.2 Å². The van der Waals surface area contributed by atoms with Crippen LogP contribution in [0.15, 0.2) is 72.9 Å². The fourth-order valence-corrected chi connectivity index (χ4v) is 5.49. The molecule has 2 fully saturated rings. The molecule has 1 saturated heterocycles. The van der Waals surface area contributed by atoms with E-state index in [1.807, 2.05) is 0 Å². The van der Waals surface area contributed by atoms with Gasteiger partial charge in [0.05, 0.1) is 11.2 Å². The van der Waals surface area contributed by atoms with Gasteiger partial charge in [0.25, 0.3) is 0 Å². The summed E-state index contributed by atoms with van der Waals surface area (Å²) in [5, 5.41) is 15.2. The van der Waals surface area contributed by atoms with Gasteiger partial charge in [0.15, 0.2) is 5.75 Å². The molecular formula is C33H30F4N4O5. The van der Waals surface area contributed by atoms with Crippen LogP contribution in [0.2, 0.25) is 0 Å². The number of benzene rings is 3. The van der Waals surface area contributed by atoms with Crippen molar-refractivity contribution in [2.75, 3.05) is 35.2 Å². The standard InChI is InChI=1S/C33H30F4N4O5/c34-21-1-3-22(4-2-21)39-30(43)32(12-13-32)31(44)40-23-5-7-24(8-6-23)45-28-9-14-38-26-18-27(41-15-10-20(19-42)11-16-41)29(17-25(26)28)46-33(35,36)37/h1-9,14,17-18,20,42H,10-13,15-16,19H2,(H,39,43)(H,40,44). The van der Waals surface area contributed by atoms with Crippen molar-refractivity contribution in [3.05, 3.63) is 78.7 Å². The molecule has 1 aromatic heterocycles. The Bertz CT molecular complexity index is 1740. The highest BCUT2D eigenvalue weighted by molar-refractivity contribution is 6.16. The molecule has 1 aliphatic heterocycles. The quantitative estimate of drug-likeness (QED) is 0.139. The van der Waals surface area contributed by atoms with Crippen LogP contribution in [0.1, 0.15) is 25.7 Å². The Labute approximate surface area is 261 Å². The van der Waals surface area contributed by atoms with Crippen molar-refractivity contribution < 1.29 is 41.7 Å². The van der Waals surface area contributed by atoms with E-state index in [0.29, 0.717) is 66.8 Å². The first kappa shape index (κ1) is 31.1. The third-order valence-corrected chi connectivity index (χ3v) is 8.28. The number of anilines is 3. The van der Waals surface area contributed by atoms with Crippen LogP contribution in [0.3, 0.4) is 0 Å². The lowest BCUT2D eigenvalue weighted by Crippen LogP contribution is -2.35. The summed E-state index contributed by atoms with van der Waals surface area (Å²) in [5.74, 6) is -1.09. The third kappa shape index (κ3) is 6.84. The number of nitrogens with one attached hydrogen (secondary N) is 2. The molecule has 46 heavy (non-hydrogen) atoms. The van der Waals surface area contributed by atoms with Crippen LogP contribution in [0.25, 0.3) is 10.9 Å². The summed E-state index contributed by atoms with van der Waals surface area (Å²) in [6.07, 6.45) is -1.43. The molecule has 1 aliphatic carbocycles. The molecule has 6 rings (SSSR count). The summed E-state index contributed by atoms with van der Waals surface area (Å²) in [4.78, 5) is 32.0. The fourth-order valence-electron chi connectivity index (χ4n) is 5.49. The molecule has 3 aromatic carbocycles. The Morgan fingerprint density at radius 1 is 0.913 bits per heavy atom. The maximum absolute atomic E-state index is 13.4. The van der Waals surface area contributed by atoms with E-state index in [4.69, 9.17) is 4.74 Å². The number of halogens is 4. The maximum atomic E-state index is 13.4. The molecule has 0 spiro atoms. The van der Waals surface area contributed by atoms with Crippen molar-refractivity contribution >= 4 is 39.8 Å². The molecular weight excluding hydrogens is 608 g/mol. The van der Waals surface area contributed by atoms with Crippen LogP contribution in [0, 0.1) is 17.2 Å². The van der Waals surface area contributed by atoms with Gasteiger partial charge in [-0.3, -0.25) is 14.6 Å². The first-order valence-electron chi connectivity index (χ1n) is 14.7. The van der Waals surface area contributed by atoms with Crippen LogP contribution in [0.5, 0.6) is 17.2 Å². The first-order chi connectivity index (χ1) is 22.0. The Hall–Kier alpha value is -4.91. The van der Waals surface area contributed by atoms with Gasteiger partial charge in [0.2, 0.25) is 11.8 Å². The zero-order chi connectivity index (χ0) is 32.5. The molecule has 2 amide bonds. The number of hydrogen-bond donors (Lipinski definition) is 3. The topological polar surface area (TPSA) is 113 Å². The van der Waals surface area contributed by atoms with E-state index >= 15 is 0 Å². The van der Waals surface area contributed by atoms with Crippen LogP contribution in [-0.4, -0.2) is 48.0 Å². The number of ether oxygens (including phenoxy) is 2. The zero-order valence-corrected chi connectivity index (χ0v) is 24.4. The molecule has 4 aromatic rings. The SMILES string of the molecule is O=C(Nc1ccc(F)cc1)C1(C(=O)Nc2ccc(Oc3ccnc4cc(N5CCC(CO)CC5)c(OC(F)(F)F)cc34)cc2)CC1. The van der Waals surface area contributed by atoms with Crippen molar-refractivity contribution in [1.82, 2.24) is 4.98 Å². The highest BCUT2D eigenvalue weighted by Crippen LogP contribution is 2.48. The lowest BCUT2D eigenvalue weighted by Gasteiger charge is -2.34. The molecule has 0 unspecified atom stereocenters. The zero-order valence-electron chi connectivity index (χ0n) is 24.4. The van der Waals surface area contributed by atoms with Gasteiger partial charge >= 0.3 is 6.36 Å². The Balaban J connectivity index is 1.17. The maximum Gasteiger partial charge on any atom is 0.573 e. The van der Waals surface area contributed by atoms with Crippen LogP contribution >= 0.6 is 0 Å². The van der Waals surface area contributed by atoms with Gasteiger partial charge in [-0.05, 0) is 98.3 Å². The number of carbonyl (C=O) groups excluding carboxylic acids is 2. The van der Waals surface area contributed by atoms with Crippen LogP contribution < -0.4 is 25.0 Å². The predicted octanol–water partition coefficient (Wildman–Crippen LogP) is 6.63. The van der Waals surface area contributed by atoms with E-state index in [2.05, 4.69) is 20.4 Å². The van der Waals surface area contributed by atoms with Gasteiger partial charge < -0.3 is 30.1 Å². The number of piperidine rings is 1. The smallest absolute Gasteiger partial charge is 0.457 e. The number of pyridine rings is 1. The average Bonchev–Trinajstić information content (AvgIpc) is 3.85. The Kier molecular flexibility index (Phi) is 8.43. The van der Waals surface area contributed by atoms with Crippen molar-refractivity contribution in [2.45, 2.75) is 32.0 Å². The molecule has 9 nitrogen and oxygen atoms in total. The minimum atomic E-state index is -4.92. The van der Waals surface area contributed by atoms with Gasteiger partial charge in [-0.1, -0.05) is 0 Å². The van der Waals surface area contributed by atoms with Gasteiger partial charge in [0.1, 0.15) is 22.7 Å². The van der Waals surface area contributed by atoms with E-state index in [-0.39, 0.29) is 29.7 Å². The predicted molar refractivity (Wildman–Crippen MR) is 162 cm³/mol. The van der Waals surface area contributed by atoms with Crippen LogP contribution in [-0.2, 0) is 9.59 Å². The second-order valence-corrected chi connectivity index (χ2v) is 11.4. The summed E-state index contributed by atoms with van der Waals surface area (Å²) in [5.41, 5.74) is 0.220. The minimum Gasteiger partial charge on any atom is -0.457 e. The van der Waals surface area contributed by atoms with Gasteiger partial charge in [-0.2, -0.15) is 0 Å². The molecule has 0 bridgehead atoms. The number of fused-ring (bicyclic) bond motifs is 1. The van der Waals surface area contributed by atoms with E-state index in [1.54, 1.807) is 35.2 Å². The van der Waals surface area contributed by atoms with E-state index in [9.17, 15) is 32.3 Å². The van der Waals surface area contributed by atoms with Crippen molar-refractivity contribution in [1.29, 1.82) is 0 Å². The number of rotatable bonds is 9. The molecule has 2 heterocycles. The highest BCUT2D eigenvalue weighted by Gasteiger charge is 2.56. The molecule has 240 valence electrons. The van der Waals surface area contributed by atoms with Crippen LogP contribution in [0.4, 0.5) is 34.6 Å². The monoisotopic (exact) mass is 638 g/mol. The number of hydrogen-bond acceptors (Lipinski definition) is 7. The van der Waals surface area contributed by atoms with Crippen molar-refractivity contribution in [3.8, 4) is 17.2 Å². The van der Waals surface area contributed by atoms with Gasteiger partial charge in [-0.25, -0.2) is 4.39 Å². The Morgan fingerprint density at radius 3 is 2.09 bits per heavy atom. The molecule has 13 heteroatoms. The molecule has 2 aliphatic rings. The normalized spacial score (nSPS) is 16.2. The van der Waals surface area contributed by atoms with Crippen molar-refractivity contribution in [3.63, 3.8) is 0 Å². The fraction of sp³-hybridized carbons (Fsp3) is 0.303. The number of aromatic nitrogens is 1. The van der Waals surface area contributed by atoms with E-state index in [1.165, 1.54) is 42.6 Å². The van der Waals surface area contributed by atoms with Gasteiger partial charge in [0, 0.05) is 42.7 Å². The number of aliphatic hydroxyl groups excluding tert-OH is 1. The lowest BCUT2D eigenvalue weighted by atomic mass is 9.97. The summed E-state index contributed by atoms with van der Waals surface area (Å²) in [7, 11) is 0. The number of amides is 2. The average molecular weight is 639 g/mol. The Morgan fingerprint density at radius 2 is 1.52 bits per heavy atom. The summed E-state index contributed by atoms with van der Waals surface area (Å²) < 4.78 is 63.9. The van der Waals surface area contributed by atoms with E-state index < -0.39 is 29.4 Å². The highest BCUT2D eigenvalue weighted by atomic mass is 19.4. The number of carbonyl (C=O) groups is 2. The second-order valence-electron chi connectivity index (χ2n) is 11.4. The largest absolute Gasteiger partial charge is 0.573 e. The summed E-state index contributed by atoms with van der Waals surface area (Å²) in [6, 6.07) is 15.9. The summed E-state index contributed by atoms with van der Waals surface area (Å²) >= 11 is 0. The number of aliphatic hydroxyl groups is 1. The second kappa shape index (κ2) is 12.5. The molecule has 0 atom stereocenters. The summed E-state index contributed by atoms with van der Waals surface area (Å²) in [6.45, 7) is 0.956. The number of nitrogens with zero attached hydrogens (tertiary/aromatic N) is 2. The van der Waals surface area contributed by atoms with Crippen molar-refractivity contribution in [2.24, 2.45) is 11.3 Å². The molecule has 0 radical (unpaired) electrons. The third-order valence-electron chi connectivity index (χ3n) is 8.28. The molecule has 1 saturated carbocycles. The molecule has 3 N–H and O–H groups in total. The lowest BCUT2D eigenvalue weighted by molar-refractivity contribution is -0.274.